The zero-order chi connectivity index (χ0) is 14.0. The van der Waals surface area contributed by atoms with Gasteiger partial charge in [0.2, 0.25) is 0 Å². The maximum atomic E-state index is 2.39. The second-order valence-corrected chi connectivity index (χ2v) is 6.25. The van der Waals surface area contributed by atoms with Crippen molar-refractivity contribution in [2.24, 2.45) is 5.92 Å². The maximum Gasteiger partial charge on any atom is -0.0133 e. The summed E-state index contributed by atoms with van der Waals surface area (Å²) in [5.41, 5.74) is 1.58. The van der Waals surface area contributed by atoms with E-state index >= 15 is 0 Å². The Morgan fingerprint density at radius 1 is 0.950 bits per heavy atom. The first-order chi connectivity index (χ1) is 9.92. The van der Waals surface area contributed by atoms with Crippen LogP contribution in [-0.2, 0) is 0 Å². The number of benzene rings is 1. The monoisotopic (exact) mass is 270 g/mol. The molecule has 1 aromatic rings. The average molecular weight is 270 g/mol. The molecule has 20 heavy (non-hydrogen) atoms. The van der Waals surface area contributed by atoms with Crippen molar-refractivity contribution >= 4 is 0 Å². The molecule has 0 aliphatic heterocycles. The van der Waals surface area contributed by atoms with Crippen LogP contribution in [0, 0.1) is 5.92 Å². The van der Waals surface area contributed by atoms with Crippen LogP contribution in [0.5, 0.6) is 0 Å². The first-order valence-corrected chi connectivity index (χ1v) is 8.61. The van der Waals surface area contributed by atoms with Crippen LogP contribution in [0.4, 0.5) is 0 Å². The van der Waals surface area contributed by atoms with Gasteiger partial charge in [-0.05, 0) is 49.5 Å². The first-order valence-electron chi connectivity index (χ1n) is 8.61. The summed E-state index contributed by atoms with van der Waals surface area (Å²) in [5, 5.41) is 0. The fraction of sp³-hybridized carbons (Fsp3) is 0.600. The van der Waals surface area contributed by atoms with Crippen LogP contribution in [0.25, 0.3) is 0 Å². The largest absolute Gasteiger partial charge is 0.0885 e. The molecule has 0 spiro atoms. The van der Waals surface area contributed by atoms with Crippen LogP contribution in [0.2, 0.25) is 0 Å². The highest BCUT2D eigenvalue weighted by Gasteiger charge is 2.22. The van der Waals surface area contributed by atoms with Crippen molar-refractivity contribution in [1.82, 2.24) is 0 Å². The molecule has 1 aromatic carbocycles. The summed E-state index contributed by atoms with van der Waals surface area (Å²) in [6, 6.07) is 11.3. The normalized spacial score (nSPS) is 17.9. The van der Waals surface area contributed by atoms with Gasteiger partial charge in [0.05, 0.1) is 0 Å². The Kier molecular flexibility index (Phi) is 6.91. The Morgan fingerprint density at radius 2 is 1.65 bits per heavy atom. The summed E-state index contributed by atoms with van der Waals surface area (Å²) in [7, 11) is 0. The third-order valence-corrected chi connectivity index (χ3v) is 4.74. The number of allylic oxidation sites excluding steroid dienone is 2. The minimum Gasteiger partial charge on any atom is -0.0885 e. The predicted octanol–water partition coefficient (Wildman–Crippen LogP) is 6.49. The number of hydrogen-bond acceptors (Lipinski definition) is 0. The summed E-state index contributed by atoms with van der Waals surface area (Å²) in [6.07, 6.45) is 17.0. The second kappa shape index (κ2) is 9.00. The Bertz CT molecular complexity index is 366. The van der Waals surface area contributed by atoms with Crippen molar-refractivity contribution < 1.29 is 0 Å². The van der Waals surface area contributed by atoms with Gasteiger partial charge in [-0.25, -0.2) is 0 Å². The van der Waals surface area contributed by atoms with Crippen LogP contribution in [-0.4, -0.2) is 0 Å². The Hall–Kier alpha value is -1.04. The summed E-state index contributed by atoms with van der Waals surface area (Å²) in [4.78, 5) is 0. The highest BCUT2D eigenvalue weighted by molar-refractivity contribution is 5.20. The third kappa shape index (κ3) is 4.81. The van der Waals surface area contributed by atoms with Crippen LogP contribution in [0.1, 0.15) is 76.2 Å². The smallest absolute Gasteiger partial charge is 0.0133 e. The van der Waals surface area contributed by atoms with Gasteiger partial charge in [0.25, 0.3) is 0 Å². The zero-order valence-electron chi connectivity index (χ0n) is 13.1. The van der Waals surface area contributed by atoms with Crippen molar-refractivity contribution in [3.05, 3.63) is 48.0 Å². The standard InChI is InChI=1S/C20H30/c1-2-3-4-12-17-20(19-15-10-7-11-16-19)18-13-8-5-6-9-14-18/h5-7,10-11,15-16,18,20H,2-4,8-9,12-14,17H2,1H3. The van der Waals surface area contributed by atoms with Gasteiger partial charge in [-0.3, -0.25) is 0 Å². The summed E-state index contributed by atoms with van der Waals surface area (Å²) in [5.74, 6) is 1.67. The second-order valence-electron chi connectivity index (χ2n) is 6.25. The van der Waals surface area contributed by atoms with E-state index < -0.39 is 0 Å². The Labute approximate surface area is 125 Å². The average Bonchev–Trinajstić information content (AvgIpc) is 2.77. The molecule has 1 unspecified atom stereocenters. The van der Waals surface area contributed by atoms with Crippen LogP contribution in [0.15, 0.2) is 42.5 Å². The Morgan fingerprint density at radius 3 is 2.30 bits per heavy atom. The quantitative estimate of drug-likeness (QED) is 0.392. The molecule has 0 fully saturated rings. The molecule has 2 rings (SSSR count). The fourth-order valence-corrected chi connectivity index (χ4v) is 3.57. The minimum absolute atomic E-state index is 0.785. The van der Waals surface area contributed by atoms with E-state index in [-0.39, 0.29) is 0 Å². The molecule has 0 radical (unpaired) electrons. The number of rotatable bonds is 7. The molecular weight excluding hydrogens is 240 g/mol. The molecule has 0 bridgehead atoms. The van der Waals surface area contributed by atoms with Gasteiger partial charge in [-0.1, -0.05) is 75.1 Å². The topological polar surface area (TPSA) is 0 Å². The van der Waals surface area contributed by atoms with E-state index in [1.165, 1.54) is 57.8 Å². The lowest BCUT2D eigenvalue weighted by atomic mass is 9.78. The molecule has 110 valence electrons. The summed E-state index contributed by atoms with van der Waals surface area (Å²) < 4.78 is 0. The lowest BCUT2D eigenvalue weighted by Gasteiger charge is -2.27. The van der Waals surface area contributed by atoms with Gasteiger partial charge in [-0.15, -0.1) is 0 Å². The molecule has 0 saturated carbocycles. The molecule has 0 heteroatoms. The van der Waals surface area contributed by atoms with E-state index in [0.717, 1.165) is 11.8 Å². The lowest BCUT2D eigenvalue weighted by molar-refractivity contribution is 0.353. The minimum atomic E-state index is 0.785. The molecule has 0 amide bonds. The van der Waals surface area contributed by atoms with Gasteiger partial charge in [0.15, 0.2) is 0 Å². The zero-order valence-corrected chi connectivity index (χ0v) is 13.1. The van der Waals surface area contributed by atoms with E-state index in [9.17, 15) is 0 Å². The van der Waals surface area contributed by atoms with E-state index in [1.807, 2.05) is 0 Å². The fourth-order valence-electron chi connectivity index (χ4n) is 3.57. The molecular formula is C20H30. The van der Waals surface area contributed by atoms with Crippen molar-refractivity contribution in [3.8, 4) is 0 Å². The highest BCUT2D eigenvalue weighted by Crippen LogP contribution is 2.37. The molecule has 1 atom stereocenters. The maximum absolute atomic E-state index is 2.39. The lowest BCUT2D eigenvalue weighted by Crippen LogP contribution is -2.13. The van der Waals surface area contributed by atoms with Crippen LogP contribution in [0.3, 0.4) is 0 Å². The Balaban J connectivity index is 1.99. The van der Waals surface area contributed by atoms with Crippen LogP contribution < -0.4 is 0 Å². The number of hydrogen-bond donors (Lipinski definition) is 0. The summed E-state index contributed by atoms with van der Waals surface area (Å²) >= 11 is 0. The first kappa shape index (κ1) is 15.4. The van der Waals surface area contributed by atoms with E-state index in [4.69, 9.17) is 0 Å². The van der Waals surface area contributed by atoms with E-state index in [0.29, 0.717) is 0 Å². The van der Waals surface area contributed by atoms with Gasteiger partial charge in [-0.2, -0.15) is 0 Å². The molecule has 0 heterocycles. The molecule has 0 aromatic heterocycles. The van der Waals surface area contributed by atoms with Crippen molar-refractivity contribution in [2.75, 3.05) is 0 Å². The summed E-state index contributed by atoms with van der Waals surface area (Å²) in [6.45, 7) is 2.30. The SMILES string of the molecule is CCCCCCC(c1ccccc1)C1CCC=CCC1. The highest BCUT2D eigenvalue weighted by atomic mass is 14.3. The molecule has 0 N–H and O–H groups in total. The number of unbranched alkanes of at least 4 members (excludes halogenated alkanes) is 3. The molecule has 1 aliphatic carbocycles. The van der Waals surface area contributed by atoms with Gasteiger partial charge < -0.3 is 0 Å². The van der Waals surface area contributed by atoms with E-state index in [2.05, 4.69) is 49.4 Å². The van der Waals surface area contributed by atoms with Gasteiger partial charge in [0.1, 0.15) is 0 Å². The van der Waals surface area contributed by atoms with Crippen molar-refractivity contribution in [2.45, 2.75) is 70.6 Å². The predicted molar refractivity (Wildman–Crippen MR) is 89.0 cm³/mol. The molecule has 1 aliphatic rings. The van der Waals surface area contributed by atoms with Gasteiger partial charge in [0, 0.05) is 0 Å². The molecule has 0 nitrogen and oxygen atoms in total. The van der Waals surface area contributed by atoms with Crippen molar-refractivity contribution in [3.63, 3.8) is 0 Å². The third-order valence-electron chi connectivity index (χ3n) is 4.74. The van der Waals surface area contributed by atoms with Crippen LogP contribution >= 0.6 is 0 Å². The van der Waals surface area contributed by atoms with Crippen molar-refractivity contribution in [1.29, 1.82) is 0 Å². The van der Waals surface area contributed by atoms with Gasteiger partial charge >= 0.3 is 0 Å². The molecule has 0 saturated heterocycles. The van der Waals surface area contributed by atoms with E-state index in [1.54, 1.807) is 5.56 Å².